The van der Waals surface area contributed by atoms with E-state index in [0.29, 0.717) is 28.0 Å². The van der Waals surface area contributed by atoms with E-state index < -0.39 is 0 Å². The molecule has 4 rings (SSSR count). The molecule has 1 aliphatic carbocycles. The van der Waals surface area contributed by atoms with E-state index in [4.69, 9.17) is 15.6 Å². The summed E-state index contributed by atoms with van der Waals surface area (Å²) in [6.07, 6.45) is 0. The molecular weight excluding hydrogens is 336 g/mol. The molecular formula is C23H20N2O2. The van der Waals surface area contributed by atoms with Gasteiger partial charge < -0.3 is 15.6 Å². The van der Waals surface area contributed by atoms with Gasteiger partial charge in [0.15, 0.2) is 5.78 Å². The van der Waals surface area contributed by atoms with Crippen molar-refractivity contribution < 1.29 is 9.21 Å². The van der Waals surface area contributed by atoms with Crippen molar-refractivity contribution in [3.63, 3.8) is 0 Å². The van der Waals surface area contributed by atoms with Crippen LogP contribution in [-0.4, -0.2) is 5.78 Å². The summed E-state index contributed by atoms with van der Waals surface area (Å²) in [6.45, 7) is 3.81. The summed E-state index contributed by atoms with van der Waals surface area (Å²) in [6, 6.07) is 18.5. The van der Waals surface area contributed by atoms with E-state index in [9.17, 15) is 4.79 Å². The SMILES string of the molecule is CC(C)C(=O)c1ccccc1-c1c2ccc(=N)cc-2oc2cc(N)ccc12. The summed E-state index contributed by atoms with van der Waals surface area (Å²) in [7, 11) is 0. The molecule has 0 spiro atoms. The number of Topliss-reactive ketones (excluding diaryl/α,β-unsaturated/α-hetero) is 1. The second-order valence-electron chi connectivity index (χ2n) is 7.01. The second-order valence-corrected chi connectivity index (χ2v) is 7.01. The first-order valence-electron chi connectivity index (χ1n) is 8.90. The number of carbonyl (C=O) groups is 1. The quantitative estimate of drug-likeness (QED) is 0.304. The minimum Gasteiger partial charge on any atom is -0.456 e. The molecule has 4 nitrogen and oxygen atoms in total. The van der Waals surface area contributed by atoms with Crippen molar-refractivity contribution in [3.05, 3.63) is 71.6 Å². The molecule has 0 fully saturated rings. The standard InChI is InChI=1S/C23H20N2O2/c1-13(2)23(26)17-6-4-3-5-16(17)22-18-9-7-14(24)11-20(18)27-21-12-15(25)8-10-19(21)22/h3-13,24H,25H2,1-2H3. The molecule has 1 heterocycles. The first-order chi connectivity index (χ1) is 13.0. The maximum absolute atomic E-state index is 12.8. The van der Waals surface area contributed by atoms with Crippen molar-refractivity contribution in [2.45, 2.75) is 13.8 Å². The average molecular weight is 356 g/mol. The fraction of sp³-hybridized carbons (Fsp3) is 0.130. The third kappa shape index (κ3) is 2.89. The van der Waals surface area contributed by atoms with Gasteiger partial charge in [0.2, 0.25) is 0 Å². The molecule has 0 saturated carbocycles. The predicted molar refractivity (Wildman–Crippen MR) is 108 cm³/mol. The van der Waals surface area contributed by atoms with Gasteiger partial charge in [-0.05, 0) is 29.8 Å². The third-order valence-corrected chi connectivity index (χ3v) is 4.73. The van der Waals surface area contributed by atoms with Gasteiger partial charge in [0.25, 0.3) is 0 Å². The highest BCUT2D eigenvalue weighted by molar-refractivity contribution is 6.10. The van der Waals surface area contributed by atoms with Crippen molar-refractivity contribution >= 4 is 22.4 Å². The molecule has 0 atom stereocenters. The number of ketones is 1. The molecule has 0 saturated heterocycles. The Labute approximate surface area is 157 Å². The number of nitrogens with one attached hydrogen (secondary N) is 1. The van der Waals surface area contributed by atoms with Crippen LogP contribution < -0.4 is 11.1 Å². The van der Waals surface area contributed by atoms with Gasteiger partial charge >= 0.3 is 0 Å². The minimum atomic E-state index is -0.104. The van der Waals surface area contributed by atoms with E-state index in [0.717, 1.165) is 22.1 Å². The Bertz CT molecular complexity index is 1200. The Kier molecular flexibility index (Phi) is 4.04. The number of nitrogens with two attached hydrogens (primary N) is 1. The van der Waals surface area contributed by atoms with Gasteiger partial charge in [0.05, 0.1) is 5.36 Å². The van der Waals surface area contributed by atoms with Crippen LogP contribution in [0.25, 0.3) is 33.4 Å². The zero-order chi connectivity index (χ0) is 19.1. The molecule has 0 radical (unpaired) electrons. The number of benzene rings is 3. The maximum atomic E-state index is 12.8. The van der Waals surface area contributed by atoms with Gasteiger partial charge in [-0.15, -0.1) is 0 Å². The van der Waals surface area contributed by atoms with Crippen LogP contribution in [-0.2, 0) is 0 Å². The molecule has 2 aromatic rings. The maximum Gasteiger partial charge on any atom is 0.166 e. The van der Waals surface area contributed by atoms with Crippen LogP contribution >= 0.6 is 0 Å². The number of rotatable bonds is 3. The van der Waals surface area contributed by atoms with Crippen molar-refractivity contribution in [1.82, 2.24) is 0 Å². The Balaban J connectivity index is 2.16. The van der Waals surface area contributed by atoms with E-state index in [1.54, 1.807) is 18.2 Å². The van der Waals surface area contributed by atoms with Crippen molar-refractivity contribution in [2.75, 3.05) is 5.73 Å². The zero-order valence-corrected chi connectivity index (χ0v) is 15.2. The van der Waals surface area contributed by atoms with Crippen molar-refractivity contribution in [1.29, 1.82) is 5.41 Å². The van der Waals surface area contributed by atoms with Crippen LogP contribution in [0, 0.1) is 11.3 Å². The lowest BCUT2D eigenvalue weighted by molar-refractivity contribution is 0.0940. The molecule has 2 aromatic carbocycles. The lowest BCUT2D eigenvalue weighted by Crippen LogP contribution is -2.09. The number of carbonyl (C=O) groups excluding carboxylic acids is 1. The molecule has 1 aliphatic heterocycles. The van der Waals surface area contributed by atoms with Crippen LogP contribution in [0.2, 0.25) is 0 Å². The molecule has 134 valence electrons. The Morgan fingerprint density at radius 3 is 2.56 bits per heavy atom. The number of anilines is 1. The third-order valence-electron chi connectivity index (χ3n) is 4.73. The fourth-order valence-corrected chi connectivity index (χ4v) is 3.42. The average Bonchev–Trinajstić information content (AvgIpc) is 2.65. The summed E-state index contributed by atoms with van der Waals surface area (Å²) in [5.41, 5.74) is 10.5. The van der Waals surface area contributed by atoms with Gasteiger partial charge in [0.1, 0.15) is 11.3 Å². The zero-order valence-electron chi connectivity index (χ0n) is 15.2. The molecule has 0 amide bonds. The van der Waals surface area contributed by atoms with Gasteiger partial charge in [-0.2, -0.15) is 0 Å². The van der Waals surface area contributed by atoms with Gasteiger partial charge in [-0.1, -0.05) is 38.1 Å². The van der Waals surface area contributed by atoms with Crippen LogP contribution in [0.3, 0.4) is 0 Å². The summed E-state index contributed by atoms with van der Waals surface area (Å²) in [4.78, 5) is 12.8. The molecule has 0 aromatic heterocycles. The van der Waals surface area contributed by atoms with Gasteiger partial charge in [-0.25, -0.2) is 0 Å². The fourth-order valence-electron chi connectivity index (χ4n) is 3.42. The number of nitrogen functional groups attached to an aromatic ring is 1. The smallest absolute Gasteiger partial charge is 0.166 e. The molecule has 3 N–H and O–H groups in total. The lowest BCUT2D eigenvalue weighted by atomic mass is 9.87. The normalized spacial score (nSPS) is 11.4. The first kappa shape index (κ1) is 17.0. The Morgan fingerprint density at radius 2 is 1.78 bits per heavy atom. The molecule has 0 bridgehead atoms. The van der Waals surface area contributed by atoms with Crippen LogP contribution in [0.1, 0.15) is 24.2 Å². The predicted octanol–water partition coefficient (Wildman–Crippen LogP) is 5.10. The second kappa shape index (κ2) is 6.40. The van der Waals surface area contributed by atoms with Gasteiger partial charge in [0, 0.05) is 45.8 Å². The largest absolute Gasteiger partial charge is 0.456 e. The van der Waals surface area contributed by atoms with E-state index in [1.165, 1.54) is 0 Å². The molecule has 2 aliphatic rings. The Hall–Kier alpha value is -3.40. The summed E-state index contributed by atoms with van der Waals surface area (Å²) in [5.74, 6) is 0.593. The molecule has 4 heteroatoms. The van der Waals surface area contributed by atoms with E-state index in [-0.39, 0.29) is 11.7 Å². The molecule has 27 heavy (non-hydrogen) atoms. The summed E-state index contributed by atoms with van der Waals surface area (Å²) >= 11 is 0. The lowest BCUT2D eigenvalue weighted by Gasteiger charge is -2.18. The van der Waals surface area contributed by atoms with Crippen LogP contribution in [0.15, 0.2) is 65.1 Å². The highest BCUT2D eigenvalue weighted by Crippen LogP contribution is 2.41. The monoisotopic (exact) mass is 356 g/mol. The Morgan fingerprint density at radius 1 is 1.00 bits per heavy atom. The van der Waals surface area contributed by atoms with E-state index >= 15 is 0 Å². The van der Waals surface area contributed by atoms with Gasteiger partial charge in [-0.3, -0.25) is 4.79 Å². The number of fused-ring (bicyclic) bond motifs is 2. The number of hydrogen-bond acceptors (Lipinski definition) is 4. The highest BCUT2D eigenvalue weighted by atomic mass is 16.3. The molecule has 0 unspecified atom stereocenters. The van der Waals surface area contributed by atoms with Crippen LogP contribution in [0.4, 0.5) is 5.69 Å². The van der Waals surface area contributed by atoms with E-state index in [2.05, 4.69) is 0 Å². The summed E-state index contributed by atoms with van der Waals surface area (Å²) in [5, 5.41) is 9.19. The van der Waals surface area contributed by atoms with E-state index in [1.807, 2.05) is 56.3 Å². The highest BCUT2D eigenvalue weighted by Gasteiger charge is 2.22. The minimum absolute atomic E-state index is 0.0975. The number of hydrogen-bond donors (Lipinski definition) is 2. The summed E-state index contributed by atoms with van der Waals surface area (Å²) < 4.78 is 6.03. The topological polar surface area (TPSA) is 80.1 Å². The van der Waals surface area contributed by atoms with Crippen molar-refractivity contribution in [3.8, 4) is 22.5 Å². The van der Waals surface area contributed by atoms with Crippen LogP contribution in [0.5, 0.6) is 0 Å². The van der Waals surface area contributed by atoms with Crippen molar-refractivity contribution in [2.24, 2.45) is 5.92 Å². The first-order valence-corrected chi connectivity index (χ1v) is 8.90.